The van der Waals surface area contributed by atoms with Crippen molar-refractivity contribution in [1.29, 1.82) is 0 Å². The van der Waals surface area contributed by atoms with Gasteiger partial charge in [-0.25, -0.2) is 9.11 Å². The van der Waals surface area contributed by atoms with Crippen LogP contribution in [-0.4, -0.2) is 50.6 Å². The first-order valence-corrected chi connectivity index (χ1v) is 12.9. The van der Waals surface area contributed by atoms with Gasteiger partial charge < -0.3 is 48.9 Å². The van der Waals surface area contributed by atoms with Crippen molar-refractivity contribution in [2.45, 2.75) is 38.4 Å². The summed E-state index contributed by atoms with van der Waals surface area (Å²) in [5, 5.41) is 22.5. The van der Waals surface area contributed by atoms with Gasteiger partial charge in [-0.3, -0.25) is 22.8 Å². The van der Waals surface area contributed by atoms with Gasteiger partial charge >= 0.3 is 5.69 Å². The molecule has 1 saturated heterocycles. The number of amides is 1. The molecule has 6 unspecified atom stereocenters. The number of anilines is 1. The minimum absolute atomic E-state index is 0.0777. The number of hydrogen-bond acceptors (Lipinski definition) is 16. The van der Waals surface area contributed by atoms with Gasteiger partial charge in [0.2, 0.25) is 5.91 Å². The molecule has 18 nitrogen and oxygen atoms in total. The van der Waals surface area contributed by atoms with Crippen LogP contribution in [0.3, 0.4) is 0 Å². The normalized spacial score (nSPS) is 27.0. The summed E-state index contributed by atoms with van der Waals surface area (Å²) in [6.45, 7) is 1.45. The van der Waals surface area contributed by atoms with Crippen molar-refractivity contribution in [3.05, 3.63) is 22.2 Å². The van der Waals surface area contributed by atoms with E-state index >= 15 is 0 Å². The number of nitrogens with one attached hydrogen (secondary N) is 1. The van der Waals surface area contributed by atoms with Gasteiger partial charge in [-0.15, -0.1) is 0 Å². The van der Waals surface area contributed by atoms with E-state index in [1.165, 1.54) is 13.8 Å². The van der Waals surface area contributed by atoms with E-state index in [0.717, 1.165) is 10.8 Å². The Morgan fingerprint density at radius 2 is 1.79 bits per heavy atom. The Bertz CT molecular complexity index is 1100. The highest BCUT2D eigenvalue weighted by Gasteiger charge is 2.45. The molecule has 33 heavy (non-hydrogen) atoms. The number of aromatic nitrogens is 2. The summed E-state index contributed by atoms with van der Waals surface area (Å²) in [7, 11) is -18.2. The number of ether oxygens (including phenoxy) is 1. The van der Waals surface area contributed by atoms with Gasteiger partial charge in [-0.2, -0.15) is 4.98 Å². The molecule has 0 spiro atoms. The molecule has 188 valence electrons. The van der Waals surface area contributed by atoms with Crippen LogP contribution in [0.1, 0.15) is 18.7 Å². The average molecular weight is 535 g/mol. The largest absolute Gasteiger partial charge is 0.790 e. The lowest BCUT2D eigenvalue weighted by molar-refractivity contribution is -0.339. The number of carbonyl (C=O) groups is 1. The highest BCUT2D eigenvalue weighted by molar-refractivity contribution is 7.64. The van der Waals surface area contributed by atoms with Crippen molar-refractivity contribution in [3.63, 3.8) is 0 Å². The lowest BCUT2D eigenvalue weighted by atomic mass is 10.1. The molecule has 21 heteroatoms. The Morgan fingerprint density at radius 1 is 1.18 bits per heavy atom. The van der Waals surface area contributed by atoms with Crippen LogP contribution in [0.4, 0.5) is 5.82 Å². The van der Waals surface area contributed by atoms with Crippen LogP contribution in [0, 0.1) is 6.92 Å². The van der Waals surface area contributed by atoms with Crippen molar-refractivity contribution in [1.82, 2.24) is 9.55 Å². The molecule has 1 amide bonds. The minimum Gasteiger partial charge on any atom is -0.790 e. The van der Waals surface area contributed by atoms with Crippen LogP contribution in [-0.2, 0) is 36.4 Å². The molecule has 3 N–H and O–H groups in total. The molecule has 1 aromatic rings. The van der Waals surface area contributed by atoms with Crippen LogP contribution in [0.25, 0.3) is 0 Å². The first-order chi connectivity index (χ1) is 14.9. The summed E-state index contributed by atoms with van der Waals surface area (Å²) in [5.41, 5.74) is -0.767. The highest BCUT2D eigenvalue weighted by atomic mass is 31.3. The van der Waals surface area contributed by atoms with Gasteiger partial charge in [0.1, 0.15) is 24.1 Å². The average Bonchev–Trinajstić information content (AvgIpc) is 2.87. The van der Waals surface area contributed by atoms with E-state index in [2.05, 4.69) is 23.4 Å². The predicted octanol–water partition coefficient (Wildman–Crippen LogP) is -4.06. The van der Waals surface area contributed by atoms with E-state index in [9.17, 15) is 53.1 Å². The van der Waals surface area contributed by atoms with E-state index in [4.69, 9.17) is 4.74 Å². The molecule has 1 fully saturated rings. The van der Waals surface area contributed by atoms with Gasteiger partial charge in [0.25, 0.3) is 15.6 Å². The Hall–Kier alpha value is -1.36. The summed E-state index contributed by atoms with van der Waals surface area (Å²) in [4.78, 5) is 70.3. The molecule has 0 bridgehead atoms. The number of rotatable bonds is 9. The SMILES string of the molecule is CC(=O)Nc1nc(=O)n(C2OC(COP(=O)([O-])OP(=O)([O-])OP(=O)([O-])[O-])C(O)C2O)cc1C. The highest BCUT2D eigenvalue weighted by Crippen LogP contribution is 2.60. The van der Waals surface area contributed by atoms with Crippen molar-refractivity contribution in [2.75, 3.05) is 11.9 Å². The topological polar surface area (TPSA) is 285 Å². The Balaban J connectivity index is 2.12. The van der Waals surface area contributed by atoms with Crippen LogP contribution in [0.2, 0.25) is 0 Å². The maximum atomic E-state index is 12.2. The summed E-state index contributed by atoms with van der Waals surface area (Å²) in [5.74, 6) is -0.593. The van der Waals surface area contributed by atoms with Gasteiger partial charge in [0.05, 0.1) is 14.4 Å². The second-order valence-electron chi connectivity index (χ2n) is 6.49. The van der Waals surface area contributed by atoms with E-state index in [-0.39, 0.29) is 11.4 Å². The summed E-state index contributed by atoms with van der Waals surface area (Å²) in [6.07, 6.45) is -5.84. The number of hydrogen-bond donors (Lipinski definition) is 3. The number of aliphatic hydroxyl groups is 2. The fourth-order valence-electron chi connectivity index (χ4n) is 2.59. The number of aliphatic hydroxyl groups excluding tert-OH is 2. The molecule has 0 radical (unpaired) electrons. The van der Waals surface area contributed by atoms with E-state index < -0.39 is 66.2 Å². The van der Waals surface area contributed by atoms with Crippen molar-refractivity contribution in [2.24, 2.45) is 0 Å². The van der Waals surface area contributed by atoms with Gasteiger partial charge in [-0.05, 0) is 6.92 Å². The second-order valence-corrected chi connectivity index (χ2v) is 10.7. The number of aryl methyl sites for hydroxylation is 1. The third-order valence-corrected chi connectivity index (χ3v) is 7.50. The number of carbonyl (C=O) groups excluding carboxylic acids is 1. The number of nitrogens with zero attached hydrogens (tertiary/aromatic N) is 2. The lowest BCUT2D eigenvalue weighted by Gasteiger charge is -2.37. The molecule has 0 aromatic carbocycles. The molecule has 0 saturated carbocycles. The molecular weight excluding hydrogens is 519 g/mol. The van der Waals surface area contributed by atoms with Crippen molar-refractivity contribution < 1.29 is 66.2 Å². The zero-order valence-electron chi connectivity index (χ0n) is 16.5. The third kappa shape index (κ3) is 7.83. The predicted molar refractivity (Wildman–Crippen MR) is 94.4 cm³/mol. The summed E-state index contributed by atoms with van der Waals surface area (Å²) in [6, 6.07) is 0. The molecule has 0 aliphatic carbocycles. The first-order valence-electron chi connectivity index (χ1n) is 8.51. The maximum absolute atomic E-state index is 12.2. The van der Waals surface area contributed by atoms with E-state index in [0.29, 0.717) is 0 Å². The fraction of sp³-hybridized carbons (Fsp3) is 0.583. The van der Waals surface area contributed by atoms with E-state index in [1.54, 1.807) is 0 Å². The zero-order valence-corrected chi connectivity index (χ0v) is 19.2. The lowest BCUT2D eigenvalue weighted by Crippen LogP contribution is -2.36. The Kier molecular flexibility index (Phi) is 8.53. The Labute approximate surface area is 184 Å². The van der Waals surface area contributed by atoms with Crippen LogP contribution >= 0.6 is 23.5 Å². The van der Waals surface area contributed by atoms with Gasteiger partial charge in [0.15, 0.2) is 6.23 Å². The van der Waals surface area contributed by atoms with Crippen LogP contribution in [0.5, 0.6) is 0 Å². The third-order valence-electron chi connectivity index (χ3n) is 3.84. The smallest absolute Gasteiger partial charge is 0.351 e. The Morgan fingerprint density at radius 3 is 2.33 bits per heavy atom. The van der Waals surface area contributed by atoms with Gasteiger partial charge in [-0.1, -0.05) is 0 Å². The molecule has 2 rings (SSSR count). The molecule has 1 aliphatic rings. The molecule has 2 heterocycles. The zero-order chi connectivity index (χ0) is 25.4. The quantitative estimate of drug-likeness (QED) is 0.253. The minimum atomic E-state index is -6.19. The number of phosphoric acid groups is 3. The molecular formula is C12H16N3O15P3-4. The van der Waals surface area contributed by atoms with Crippen molar-refractivity contribution >= 4 is 35.2 Å². The standard InChI is InChI=1S/C12H20N3O15P3/c1-5-3-15(12(19)14-10(5)13-6(2)16)11-9(18)8(17)7(28-11)4-27-32(23,24)30-33(25,26)29-31(20,21)22/h3,7-9,11,17-18H,4H2,1-2H3,(H,23,24)(H,25,26)(H2,20,21,22)(H,13,14,16,19)/p-4. The molecule has 1 aliphatic heterocycles. The maximum Gasteiger partial charge on any atom is 0.351 e. The molecule has 6 atom stereocenters. The summed E-state index contributed by atoms with van der Waals surface area (Å²) >= 11 is 0. The number of phosphoric ester groups is 1. The fourth-order valence-corrected chi connectivity index (χ4v) is 5.45. The van der Waals surface area contributed by atoms with Crippen molar-refractivity contribution in [3.8, 4) is 0 Å². The van der Waals surface area contributed by atoms with Crippen LogP contribution in [0.15, 0.2) is 11.0 Å². The monoisotopic (exact) mass is 535 g/mol. The molecule has 1 aromatic heterocycles. The van der Waals surface area contributed by atoms with Crippen LogP contribution < -0.4 is 30.6 Å². The first kappa shape index (κ1) is 27.9. The van der Waals surface area contributed by atoms with Gasteiger partial charge in [0, 0.05) is 18.7 Å². The summed E-state index contributed by atoms with van der Waals surface area (Å²) < 4.78 is 49.5. The van der Waals surface area contributed by atoms with E-state index in [1.807, 2.05) is 0 Å². The second kappa shape index (κ2) is 10.1.